The van der Waals surface area contributed by atoms with Crippen molar-refractivity contribution in [2.45, 2.75) is 84.0 Å². The van der Waals surface area contributed by atoms with Crippen LogP contribution >= 0.6 is 0 Å². The summed E-state index contributed by atoms with van der Waals surface area (Å²) in [5.41, 5.74) is 2.89. The maximum absolute atomic E-state index is 13.9. The third-order valence-electron chi connectivity index (χ3n) is 8.63. The molecule has 2 aliphatic rings. The molecule has 38 heavy (non-hydrogen) atoms. The van der Waals surface area contributed by atoms with Crippen molar-refractivity contribution in [3.8, 4) is 5.75 Å². The van der Waals surface area contributed by atoms with Crippen molar-refractivity contribution in [3.05, 3.63) is 77.1 Å². The van der Waals surface area contributed by atoms with Crippen LogP contribution in [0.15, 0.2) is 60.4 Å². The van der Waals surface area contributed by atoms with Gasteiger partial charge in [-0.05, 0) is 65.4 Å². The van der Waals surface area contributed by atoms with Gasteiger partial charge < -0.3 is 9.16 Å². The topological polar surface area (TPSA) is 55.8 Å². The van der Waals surface area contributed by atoms with Crippen molar-refractivity contribution in [1.29, 1.82) is 0 Å². The van der Waals surface area contributed by atoms with Crippen LogP contribution in [0.1, 0.15) is 64.7 Å². The molecule has 204 valence electrons. The number of likely N-dealkylation sites (tertiary alicyclic amines) is 1. The number of imide groups is 1. The molecule has 2 amide bonds. The second kappa shape index (κ2) is 10.5. The molecule has 0 bridgehead atoms. The van der Waals surface area contributed by atoms with Gasteiger partial charge in [-0.25, -0.2) is 0 Å². The molecule has 1 aliphatic carbocycles. The molecule has 0 saturated carbocycles. The number of hydrogen-bond acceptors (Lipinski definition) is 4. The summed E-state index contributed by atoms with van der Waals surface area (Å²) < 4.78 is 14.1. The van der Waals surface area contributed by atoms with E-state index in [-0.39, 0.29) is 11.8 Å². The Labute approximate surface area is 229 Å². The van der Waals surface area contributed by atoms with Crippen molar-refractivity contribution >= 4 is 20.1 Å². The Hall–Kier alpha value is -2.70. The van der Waals surface area contributed by atoms with Crippen LogP contribution in [0.2, 0.25) is 16.6 Å². The van der Waals surface area contributed by atoms with Crippen molar-refractivity contribution in [2.24, 2.45) is 11.8 Å². The zero-order chi connectivity index (χ0) is 28.0. The molecule has 6 heteroatoms. The summed E-state index contributed by atoms with van der Waals surface area (Å²) in [6.07, 6.45) is 2.41. The van der Waals surface area contributed by atoms with Crippen LogP contribution in [-0.4, -0.2) is 32.1 Å². The number of carbonyl (C=O) groups is 2. The number of ether oxygens (including phenoxy) is 1. The first-order valence-corrected chi connectivity index (χ1v) is 16.0. The van der Waals surface area contributed by atoms with E-state index in [1.807, 2.05) is 62.4 Å². The highest BCUT2D eigenvalue weighted by Crippen LogP contribution is 2.55. The summed E-state index contributed by atoms with van der Waals surface area (Å²) in [7, 11) is -0.927. The van der Waals surface area contributed by atoms with E-state index in [1.54, 1.807) is 7.05 Å². The Morgan fingerprint density at radius 1 is 0.868 bits per heavy atom. The first kappa shape index (κ1) is 28.3. The summed E-state index contributed by atoms with van der Waals surface area (Å²) in [5.74, 6) is -0.113. The monoisotopic (exact) mass is 533 g/mol. The second-order valence-electron chi connectivity index (χ2n) is 12.1. The van der Waals surface area contributed by atoms with E-state index in [1.165, 1.54) is 4.90 Å². The van der Waals surface area contributed by atoms with Crippen molar-refractivity contribution < 1.29 is 18.8 Å². The van der Waals surface area contributed by atoms with Gasteiger partial charge in [0, 0.05) is 13.5 Å². The molecular formula is C32H43NO4Si. The lowest BCUT2D eigenvalue weighted by Crippen LogP contribution is -2.57. The van der Waals surface area contributed by atoms with E-state index >= 15 is 0 Å². The number of allylic oxidation sites excluding steroid dienone is 1. The Bertz CT molecular complexity index is 1190. The van der Waals surface area contributed by atoms with Gasteiger partial charge in [0.2, 0.25) is 20.1 Å². The lowest BCUT2D eigenvalue weighted by Gasteiger charge is -2.52. The minimum Gasteiger partial charge on any atom is -0.462 e. The van der Waals surface area contributed by atoms with Crippen LogP contribution in [-0.2, 0) is 19.6 Å². The molecule has 1 heterocycles. The number of amides is 2. The first-order chi connectivity index (χ1) is 17.8. The predicted molar refractivity (Wildman–Crippen MR) is 154 cm³/mol. The van der Waals surface area contributed by atoms with Gasteiger partial charge >= 0.3 is 0 Å². The molecule has 0 N–H and O–H groups in total. The van der Waals surface area contributed by atoms with Gasteiger partial charge in [0.25, 0.3) is 0 Å². The molecule has 0 spiro atoms. The maximum Gasteiger partial charge on any atom is 0.236 e. The van der Waals surface area contributed by atoms with Gasteiger partial charge in [-0.2, -0.15) is 0 Å². The van der Waals surface area contributed by atoms with Crippen molar-refractivity contribution in [2.75, 3.05) is 7.05 Å². The summed E-state index contributed by atoms with van der Waals surface area (Å²) >= 11 is 0. The van der Waals surface area contributed by atoms with Gasteiger partial charge in [0.15, 0.2) is 0 Å². The number of carbonyl (C=O) groups excluding carboxylic acids is 2. The van der Waals surface area contributed by atoms with Crippen LogP contribution in [0, 0.1) is 25.7 Å². The largest absolute Gasteiger partial charge is 0.462 e. The molecule has 4 rings (SSSR count). The molecular weight excluding hydrogens is 490 g/mol. The molecule has 3 atom stereocenters. The summed E-state index contributed by atoms with van der Waals surface area (Å²) in [4.78, 5) is 28.7. The zero-order valence-electron chi connectivity index (χ0n) is 24.4. The second-order valence-corrected chi connectivity index (χ2v) is 17.5. The molecule has 2 aromatic rings. The standard InChI is InChI=1S/C32H43NO4Si/c1-20(2)38(21(3)4,22(5)6)37-32(25-13-11-10-12-14-25)19-27(36-26-16-23(7)15-24(8)17-26)18-28-29(32)31(35)33(9)30(28)34/h10-17,19-22,28-29H,18H2,1-9H3/t28-,29+,32+/m0/s1. The van der Waals surface area contributed by atoms with E-state index in [4.69, 9.17) is 9.16 Å². The summed E-state index contributed by atoms with van der Waals surface area (Å²) in [5, 5.41) is 0. The van der Waals surface area contributed by atoms with Crippen molar-refractivity contribution in [1.82, 2.24) is 4.90 Å². The van der Waals surface area contributed by atoms with E-state index in [0.29, 0.717) is 28.8 Å². The molecule has 1 aliphatic heterocycles. The third kappa shape index (κ3) is 4.66. The lowest BCUT2D eigenvalue weighted by atomic mass is 9.70. The van der Waals surface area contributed by atoms with Crippen LogP contribution in [0.4, 0.5) is 0 Å². The summed E-state index contributed by atoms with van der Waals surface area (Å²) in [6.45, 7) is 17.6. The molecule has 1 saturated heterocycles. The smallest absolute Gasteiger partial charge is 0.236 e. The highest BCUT2D eigenvalue weighted by atomic mass is 28.4. The number of benzene rings is 2. The van der Waals surface area contributed by atoms with Crippen LogP contribution in [0.5, 0.6) is 5.75 Å². The Balaban J connectivity index is 2.00. The maximum atomic E-state index is 13.9. The van der Waals surface area contributed by atoms with E-state index in [2.05, 4.69) is 47.6 Å². The van der Waals surface area contributed by atoms with E-state index in [9.17, 15) is 9.59 Å². The Kier molecular flexibility index (Phi) is 7.79. The highest BCUT2D eigenvalue weighted by molar-refractivity contribution is 6.77. The van der Waals surface area contributed by atoms with Gasteiger partial charge in [-0.1, -0.05) is 77.9 Å². The fourth-order valence-electron chi connectivity index (χ4n) is 7.15. The molecule has 0 aromatic heterocycles. The van der Waals surface area contributed by atoms with E-state index < -0.39 is 25.8 Å². The third-order valence-corrected chi connectivity index (χ3v) is 14.7. The Morgan fingerprint density at radius 2 is 1.42 bits per heavy atom. The van der Waals surface area contributed by atoms with Gasteiger partial charge in [0.05, 0.1) is 11.8 Å². The number of nitrogens with zero attached hydrogens (tertiary/aromatic N) is 1. The lowest BCUT2D eigenvalue weighted by molar-refractivity contribution is -0.139. The van der Waals surface area contributed by atoms with Gasteiger partial charge in [0.1, 0.15) is 17.1 Å². The summed E-state index contributed by atoms with van der Waals surface area (Å²) in [6, 6.07) is 16.1. The van der Waals surface area contributed by atoms with Gasteiger partial charge in [-0.15, -0.1) is 0 Å². The van der Waals surface area contributed by atoms with Crippen molar-refractivity contribution in [3.63, 3.8) is 0 Å². The minimum absolute atomic E-state index is 0.163. The van der Waals surface area contributed by atoms with Crippen LogP contribution in [0.3, 0.4) is 0 Å². The fraction of sp³-hybridized carbons (Fsp3) is 0.500. The normalized spacial score (nSPS) is 23.9. The van der Waals surface area contributed by atoms with Crippen LogP contribution in [0.25, 0.3) is 0 Å². The van der Waals surface area contributed by atoms with Crippen LogP contribution < -0.4 is 4.74 Å². The molecule has 2 aromatic carbocycles. The number of fused-ring (bicyclic) bond motifs is 1. The quantitative estimate of drug-likeness (QED) is 0.264. The average Bonchev–Trinajstić information content (AvgIpc) is 3.05. The molecule has 0 radical (unpaired) electrons. The Morgan fingerprint density at radius 3 is 1.95 bits per heavy atom. The predicted octanol–water partition coefficient (Wildman–Crippen LogP) is 7.29. The number of hydrogen-bond donors (Lipinski definition) is 0. The molecule has 5 nitrogen and oxygen atoms in total. The molecule has 0 unspecified atom stereocenters. The van der Waals surface area contributed by atoms with Gasteiger partial charge in [-0.3, -0.25) is 14.5 Å². The number of aryl methyl sites for hydroxylation is 2. The number of rotatable bonds is 8. The SMILES string of the molecule is Cc1cc(C)cc(OC2=C[C@@](O[Si](C(C)C)(C(C)C)C(C)C)(c3ccccc3)[C@H]3C(=O)N(C)C(=O)[C@H]3C2)c1. The minimum atomic E-state index is -2.53. The average molecular weight is 534 g/mol. The first-order valence-electron chi connectivity index (χ1n) is 13.9. The zero-order valence-corrected chi connectivity index (χ0v) is 25.4. The fourth-order valence-corrected chi connectivity index (χ4v) is 12.7. The highest BCUT2D eigenvalue weighted by Gasteiger charge is 2.63. The van der Waals surface area contributed by atoms with E-state index in [0.717, 1.165) is 22.4 Å². The molecule has 1 fully saturated rings.